The first kappa shape index (κ1) is 44.0. The summed E-state index contributed by atoms with van der Waals surface area (Å²) in [5, 5.41) is 33.0. The lowest BCUT2D eigenvalue weighted by molar-refractivity contribution is -0.144. The molecule has 0 aliphatic heterocycles. The zero-order valence-electron chi connectivity index (χ0n) is 29.7. The average molecular weight is 803 g/mol. The molecule has 0 saturated carbocycles. The molecule has 3 rings (SSSR count). The molecular formula is C34H42N8O11S2. The van der Waals surface area contributed by atoms with Gasteiger partial charge in [0.25, 0.3) is 5.56 Å². The number of nitrogen functional groups attached to an aromatic ring is 1. The van der Waals surface area contributed by atoms with Crippen LogP contribution >= 0.6 is 21.6 Å². The first-order valence-corrected chi connectivity index (χ1v) is 19.5. The summed E-state index contributed by atoms with van der Waals surface area (Å²) in [5.74, 6) is -8.41. The van der Waals surface area contributed by atoms with Crippen molar-refractivity contribution in [1.29, 1.82) is 0 Å². The number of aliphatic carboxylic acids is 3. The summed E-state index contributed by atoms with van der Waals surface area (Å²) in [6, 6.07) is 3.55. The number of rotatable bonds is 24. The van der Waals surface area contributed by atoms with Crippen LogP contribution in [-0.2, 0) is 41.6 Å². The maximum Gasteiger partial charge on any atom is 0.307 e. The molecule has 0 aliphatic rings. The van der Waals surface area contributed by atoms with E-state index in [9.17, 15) is 53.7 Å². The van der Waals surface area contributed by atoms with Crippen LogP contribution in [0, 0.1) is 11.8 Å². The number of benzene rings is 1. The van der Waals surface area contributed by atoms with Gasteiger partial charge in [0, 0.05) is 42.9 Å². The van der Waals surface area contributed by atoms with Crippen LogP contribution in [0.5, 0.6) is 0 Å². The number of fused-ring (bicyclic) bond motifs is 1. The number of amides is 2. The van der Waals surface area contributed by atoms with Crippen molar-refractivity contribution >= 4 is 80.0 Å². The maximum atomic E-state index is 12.9. The number of Topliss-reactive ketones (excluding diaryl/α,β-unsaturated/α-hetero) is 2. The highest BCUT2D eigenvalue weighted by atomic mass is 33.1. The van der Waals surface area contributed by atoms with Crippen molar-refractivity contribution in [3.63, 3.8) is 0 Å². The van der Waals surface area contributed by atoms with E-state index >= 15 is 0 Å². The molecule has 55 heavy (non-hydrogen) atoms. The highest BCUT2D eigenvalue weighted by molar-refractivity contribution is 8.76. The fourth-order valence-corrected chi connectivity index (χ4v) is 7.07. The number of nitrogens with two attached hydrogens (primary N) is 2. The third-order valence-corrected chi connectivity index (χ3v) is 10.7. The van der Waals surface area contributed by atoms with Gasteiger partial charge in [-0.25, -0.2) is 9.97 Å². The number of hydrogen-bond donors (Lipinski definition) is 8. The fourth-order valence-electron chi connectivity index (χ4n) is 5.10. The summed E-state index contributed by atoms with van der Waals surface area (Å²) >= 11 is 0. The second kappa shape index (κ2) is 21.5. The van der Waals surface area contributed by atoms with E-state index in [0.29, 0.717) is 24.3 Å². The van der Waals surface area contributed by atoms with E-state index < -0.39 is 90.2 Å². The number of aromatic amines is 1. The van der Waals surface area contributed by atoms with Crippen molar-refractivity contribution in [3.05, 3.63) is 57.6 Å². The molecule has 0 bridgehead atoms. The van der Waals surface area contributed by atoms with Crippen LogP contribution in [0.1, 0.15) is 60.6 Å². The lowest BCUT2D eigenvalue weighted by Gasteiger charge is -2.21. The quantitative estimate of drug-likeness (QED) is 0.0349. The smallest absolute Gasteiger partial charge is 0.307 e. The molecule has 296 valence electrons. The van der Waals surface area contributed by atoms with Gasteiger partial charge in [-0.3, -0.25) is 43.3 Å². The Hall–Kier alpha value is -5.41. The zero-order valence-corrected chi connectivity index (χ0v) is 31.3. The summed E-state index contributed by atoms with van der Waals surface area (Å²) in [7, 11) is 2.65. The van der Waals surface area contributed by atoms with Gasteiger partial charge in [0.05, 0.1) is 36.2 Å². The van der Waals surface area contributed by atoms with Gasteiger partial charge in [0.1, 0.15) is 6.04 Å². The number of aryl methyl sites for hydroxylation is 2. The highest BCUT2D eigenvalue weighted by Gasteiger charge is 2.30. The number of nitrogens with zero attached hydrogens (tertiary/aromatic N) is 3. The van der Waals surface area contributed by atoms with Crippen LogP contribution in [0.15, 0.2) is 35.3 Å². The minimum Gasteiger partial charge on any atom is -0.481 e. The molecular weight excluding hydrogens is 761 g/mol. The number of carboxylic acid groups (broad SMARTS) is 3. The van der Waals surface area contributed by atoms with E-state index in [1.807, 2.05) is 6.92 Å². The molecule has 0 radical (unpaired) electrons. The van der Waals surface area contributed by atoms with Crippen LogP contribution in [0.4, 0.5) is 5.95 Å². The number of ketones is 2. The van der Waals surface area contributed by atoms with Gasteiger partial charge in [-0.15, -0.1) is 0 Å². The number of H-pyrrole nitrogens is 1. The molecule has 2 heterocycles. The van der Waals surface area contributed by atoms with E-state index in [4.69, 9.17) is 11.5 Å². The molecule has 10 N–H and O–H groups in total. The summed E-state index contributed by atoms with van der Waals surface area (Å²) in [6.45, 7) is 1.43. The van der Waals surface area contributed by atoms with Gasteiger partial charge in [-0.05, 0) is 24.8 Å². The Morgan fingerprint density at radius 2 is 1.60 bits per heavy atom. The van der Waals surface area contributed by atoms with Gasteiger partial charge in [-0.2, -0.15) is 4.98 Å². The fraction of sp³-hybridized carbons (Fsp3) is 0.441. The molecule has 4 unspecified atom stereocenters. The Bertz CT molecular complexity index is 1940. The number of nitrogens with one attached hydrogen (secondary N) is 3. The third-order valence-electron chi connectivity index (χ3n) is 8.14. The molecule has 2 amide bonds. The maximum absolute atomic E-state index is 12.9. The molecule has 0 fully saturated rings. The largest absolute Gasteiger partial charge is 0.481 e. The minimum atomic E-state index is -1.56. The van der Waals surface area contributed by atoms with Crippen LogP contribution < -0.4 is 27.7 Å². The summed E-state index contributed by atoms with van der Waals surface area (Å²) < 4.78 is 0. The SMILES string of the molecule is CCSSCC(CC(=O)C(CC(=O)O)NC(=O)C(N)CNC(=O)CCC(CC(=O)c1ccc(CCc2cnc3nc(N)[nH]c(=O)c3n2)cc1)C(=O)O)C(=O)O. The number of hydrogen-bond acceptors (Lipinski definition) is 15. The Morgan fingerprint density at radius 1 is 0.909 bits per heavy atom. The number of aromatic nitrogens is 4. The average Bonchev–Trinajstić information content (AvgIpc) is 3.13. The van der Waals surface area contributed by atoms with Crippen LogP contribution in [0.3, 0.4) is 0 Å². The Morgan fingerprint density at radius 3 is 2.24 bits per heavy atom. The Kier molecular flexibility index (Phi) is 17.2. The highest BCUT2D eigenvalue weighted by Crippen LogP contribution is 2.25. The van der Waals surface area contributed by atoms with Crippen molar-refractivity contribution < 1.29 is 48.9 Å². The van der Waals surface area contributed by atoms with Crippen molar-refractivity contribution in [1.82, 2.24) is 30.6 Å². The molecule has 0 aliphatic carbocycles. The third kappa shape index (κ3) is 14.4. The van der Waals surface area contributed by atoms with E-state index in [1.165, 1.54) is 27.8 Å². The van der Waals surface area contributed by atoms with Gasteiger partial charge >= 0.3 is 17.9 Å². The Labute approximate surface area is 321 Å². The second-order valence-electron chi connectivity index (χ2n) is 12.3. The lowest BCUT2D eigenvalue weighted by atomic mass is 9.93. The lowest BCUT2D eigenvalue weighted by Crippen LogP contribution is -2.53. The predicted octanol–water partition coefficient (Wildman–Crippen LogP) is 0.599. The molecule has 3 aromatic rings. The Balaban J connectivity index is 1.47. The molecule has 2 aromatic heterocycles. The minimum absolute atomic E-state index is 0.0590. The first-order valence-electron chi connectivity index (χ1n) is 17.0. The topological polar surface area (TPSA) is 328 Å². The van der Waals surface area contributed by atoms with Gasteiger partial charge in [-0.1, -0.05) is 52.8 Å². The van der Waals surface area contributed by atoms with Gasteiger partial charge in [0.15, 0.2) is 22.7 Å². The second-order valence-corrected chi connectivity index (χ2v) is 15.1. The first-order chi connectivity index (χ1) is 26.1. The van der Waals surface area contributed by atoms with Crippen LogP contribution in [0.2, 0.25) is 0 Å². The van der Waals surface area contributed by atoms with Gasteiger partial charge in [0.2, 0.25) is 17.8 Å². The predicted molar refractivity (Wildman–Crippen MR) is 202 cm³/mol. The van der Waals surface area contributed by atoms with Crippen molar-refractivity contribution in [2.75, 3.05) is 23.8 Å². The van der Waals surface area contributed by atoms with Crippen molar-refractivity contribution in [2.24, 2.45) is 17.6 Å². The number of carbonyl (C=O) groups is 7. The normalized spacial score (nSPS) is 13.3. The summed E-state index contributed by atoms with van der Waals surface area (Å²) in [5.41, 5.74) is 12.7. The van der Waals surface area contributed by atoms with Crippen LogP contribution in [0.25, 0.3) is 11.2 Å². The zero-order chi connectivity index (χ0) is 40.7. The van der Waals surface area contributed by atoms with E-state index in [-0.39, 0.29) is 47.7 Å². The number of anilines is 1. The number of carboxylic acids is 3. The summed E-state index contributed by atoms with van der Waals surface area (Å²) in [4.78, 5) is 113. The van der Waals surface area contributed by atoms with E-state index in [0.717, 1.165) is 5.56 Å². The molecule has 1 aromatic carbocycles. The van der Waals surface area contributed by atoms with Crippen molar-refractivity contribution in [3.8, 4) is 0 Å². The standard InChI is InChI=1S/C34H42N8O11S2/c1-2-54-55-16-20(33(52)53)12-25(44)23(13-27(46)47)40-30(48)22(35)15-37-26(45)10-8-19(32(50)51)11-24(43)18-6-3-17(4-7-18)5-9-21-14-38-29-28(39-21)31(49)42-34(36)41-29/h3-4,6-7,14,19-20,22-23H,2,5,8-13,15-16,35H2,1H3,(H,37,45)(H,40,48)(H,46,47)(H,50,51)(H,52,53)(H3,36,38,41,42,49). The molecule has 4 atom stereocenters. The summed E-state index contributed by atoms with van der Waals surface area (Å²) in [6.07, 6.45) is 0.168. The van der Waals surface area contributed by atoms with Gasteiger partial charge < -0.3 is 37.4 Å². The van der Waals surface area contributed by atoms with E-state index in [2.05, 4.69) is 30.6 Å². The van der Waals surface area contributed by atoms with E-state index in [1.54, 1.807) is 24.3 Å². The molecule has 0 saturated heterocycles. The molecule has 19 nitrogen and oxygen atoms in total. The number of carbonyl (C=O) groups excluding carboxylic acids is 4. The molecule has 0 spiro atoms. The van der Waals surface area contributed by atoms with Crippen molar-refractivity contribution in [2.45, 2.75) is 64.0 Å². The van der Waals surface area contributed by atoms with Crippen LogP contribution in [-0.4, -0.2) is 107 Å². The monoisotopic (exact) mass is 802 g/mol. The molecule has 21 heteroatoms.